The maximum atomic E-state index is 4.45. The fraction of sp³-hybridized carbons (Fsp3) is 0.333. The zero-order valence-corrected chi connectivity index (χ0v) is 8.70. The van der Waals surface area contributed by atoms with Gasteiger partial charge in [0.2, 0.25) is 0 Å². The van der Waals surface area contributed by atoms with E-state index in [9.17, 15) is 0 Å². The highest BCUT2D eigenvalue weighted by molar-refractivity contribution is 5.54. The topological polar surface area (TPSA) is 41.6 Å². The molecule has 2 heterocycles. The maximum absolute atomic E-state index is 4.45. The normalized spacial score (nSPS) is 15.5. The second-order valence-electron chi connectivity index (χ2n) is 4.15. The van der Waals surface area contributed by atoms with Gasteiger partial charge in [0.25, 0.3) is 0 Å². The van der Waals surface area contributed by atoms with Crippen molar-refractivity contribution in [2.75, 3.05) is 0 Å². The van der Waals surface area contributed by atoms with Crippen LogP contribution in [0.2, 0.25) is 0 Å². The molecule has 1 saturated carbocycles. The van der Waals surface area contributed by atoms with E-state index in [2.05, 4.69) is 21.2 Å². The van der Waals surface area contributed by atoms with Crippen LogP contribution in [0.4, 0.5) is 0 Å². The molecule has 0 aromatic carbocycles. The van der Waals surface area contributed by atoms with Gasteiger partial charge in [-0.15, -0.1) is 0 Å². The van der Waals surface area contributed by atoms with Gasteiger partial charge in [-0.3, -0.25) is 10.1 Å². The van der Waals surface area contributed by atoms with E-state index in [4.69, 9.17) is 0 Å². The molecule has 0 saturated heterocycles. The van der Waals surface area contributed by atoms with E-state index in [-0.39, 0.29) is 0 Å². The summed E-state index contributed by atoms with van der Waals surface area (Å²) in [6, 6.07) is 8.14. The highest BCUT2D eigenvalue weighted by atomic mass is 15.1. The second kappa shape index (κ2) is 3.19. The van der Waals surface area contributed by atoms with Crippen LogP contribution in [-0.2, 0) is 0 Å². The van der Waals surface area contributed by atoms with Crippen LogP contribution in [0.1, 0.15) is 30.1 Å². The number of rotatable bonds is 2. The molecule has 0 spiro atoms. The van der Waals surface area contributed by atoms with E-state index in [1.807, 2.05) is 25.1 Å². The van der Waals surface area contributed by atoms with Crippen molar-refractivity contribution in [1.82, 2.24) is 15.2 Å². The molecular formula is C12H13N3. The van der Waals surface area contributed by atoms with Crippen LogP contribution < -0.4 is 0 Å². The van der Waals surface area contributed by atoms with Crippen LogP contribution in [0.5, 0.6) is 0 Å². The minimum absolute atomic E-state index is 0.719. The second-order valence-corrected chi connectivity index (χ2v) is 4.15. The number of hydrogen-bond donors (Lipinski definition) is 1. The Balaban J connectivity index is 1.97. The van der Waals surface area contributed by atoms with Gasteiger partial charge >= 0.3 is 0 Å². The van der Waals surface area contributed by atoms with Gasteiger partial charge in [-0.05, 0) is 38.0 Å². The molecule has 0 unspecified atom stereocenters. The fourth-order valence-corrected chi connectivity index (χ4v) is 1.76. The van der Waals surface area contributed by atoms with Crippen LogP contribution in [0, 0.1) is 6.92 Å². The summed E-state index contributed by atoms with van der Waals surface area (Å²) in [6.45, 7) is 2.00. The quantitative estimate of drug-likeness (QED) is 0.807. The van der Waals surface area contributed by atoms with E-state index < -0.39 is 0 Å². The van der Waals surface area contributed by atoms with Gasteiger partial charge in [-0.1, -0.05) is 6.07 Å². The van der Waals surface area contributed by atoms with Gasteiger partial charge in [0.1, 0.15) is 5.69 Å². The number of nitrogens with one attached hydrogen (secondary N) is 1. The first-order valence-corrected chi connectivity index (χ1v) is 5.32. The zero-order valence-electron chi connectivity index (χ0n) is 8.70. The first-order chi connectivity index (χ1) is 7.33. The summed E-state index contributed by atoms with van der Waals surface area (Å²) < 4.78 is 0. The Morgan fingerprint density at radius 1 is 1.27 bits per heavy atom. The van der Waals surface area contributed by atoms with Crippen molar-refractivity contribution < 1.29 is 0 Å². The Hall–Kier alpha value is -1.64. The van der Waals surface area contributed by atoms with E-state index in [1.165, 1.54) is 18.5 Å². The Labute approximate surface area is 88.6 Å². The Morgan fingerprint density at radius 2 is 2.13 bits per heavy atom. The molecule has 1 aliphatic rings. The molecule has 3 rings (SSSR count). The number of nitrogens with zero attached hydrogens (tertiary/aromatic N) is 2. The lowest BCUT2D eigenvalue weighted by Crippen LogP contribution is -1.85. The summed E-state index contributed by atoms with van der Waals surface area (Å²) in [5.41, 5.74) is 4.20. The molecule has 0 amide bonds. The van der Waals surface area contributed by atoms with E-state index >= 15 is 0 Å². The molecule has 1 aliphatic carbocycles. The standard InChI is InChI=1S/C12H13N3/c1-8-3-2-4-10(13-8)12-7-11(14-15-12)9-5-6-9/h2-4,7,9H,5-6H2,1H3,(H,14,15). The highest BCUT2D eigenvalue weighted by Crippen LogP contribution is 2.39. The minimum atomic E-state index is 0.719. The van der Waals surface area contributed by atoms with Gasteiger partial charge < -0.3 is 0 Å². The molecule has 3 nitrogen and oxygen atoms in total. The zero-order chi connectivity index (χ0) is 10.3. The van der Waals surface area contributed by atoms with Crippen molar-refractivity contribution in [3.05, 3.63) is 35.7 Å². The summed E-state index contributed by atoms with van der Waals surface area (Å²) in [5, 5.41) is 7.40. The predicted molar refractivity (Wildman–Crippen MR) is 58.5 cm³/mol. The van der Waals surface area contributed by atoms with Crippen molar-refractivity contribution in [3.8, 4) is 11.4 Å². The lowest BCUT2D eigenvalue weighted by molar-refractivity contribution is 0.965. The van der Waals surface area contributed by atoms with E-state index in [1.54, 1.807) is 0 Å². The first-order valence-electron chi connectivity index (χ1n) is 5.32. The van der Waals surface area contributed by atoms with E-state index in [0.29, 0.717) is 0 Å². The predicted octanol–water partition coefficient (Wildman–Crippen LogP) is 2.66. The molecule has 0 atom stereocenters. The lowest BCUT2D eigenvalue weighted by atomic mass is 10.2. The summed E-state index contributed by atoms with van der Waals surface area (Å²) >= 11 is 0. The SMILES string of the molecule is Cc1cccc(-c2cc(C3CC3)[nH]n2)n1. The van der Waals surface area contributed by atoms with Crippen LogP contribution >= 0.6 is 0 Å². The summed E-state index contributed by atoms with van der Waals surface area (Å²) in [7, 11) is 0. The Bertz CT molecular complexity index is 483. The number of hydrogen-bond acceptors (Lipinski definition) is 2. The molecule has 1 N–H and O–H groups in total. The summed E-state index contributed by atoms with van der Waals surface area (Å²) in [4.78, 5) is 4.45. The average molecular weight is 199 g/mol. The van der Waals surface area contributed by atoms with Crippen molar-refractivity contribution in [3.63, 3.8) is 0 Å². The highest BCUT2D eigenvalue weighted by Gasteiger charge is 2.25. The molecule has 15 heavy (non-hydrogen) atoms. The van der Waals surface area contributed by atoms with Gasteiger partial charge in [0.05, 0.1) is 5.69 Å². The number of aryl methyl sites for hydroxylation is 1. The van der Waals surface area contributed by atoms with Crippen molar-refractivity contribution in [1.29, 1.82) is 0 Å². The molecule has 1 fully saturated rings. The number of H-pyrrole nitrogens is 1. The van der Waals surface area contributed by atoms with Crippen LogP contribution in [0.15, 0.2) is 24.3 Å². The third-order valence-corrected chi connectivity index (χ3v) is 2.77. The van der Waals surface area contributed by atoms with Crippen molar-refractivity contribution in [2.45, 2.75) is 25.7 Å². The van der Waals surface area contributed by atoms with Crippen molar-refractivity contribution in [2.24, 2.45) is 0 Å². The molecule has 3 heteroatoms. The molecule has 2 aromatic rings. The molecule has 0 bridgehead atoms. The Kier molecular flexibility index (Phi) is 1.84. The molecule has 76 valence electrons. The van der Waals surface area contributed by atoms with Crippen LogP contribution in [-0.4, -0.2) is 15.2 Å². The number of aromatic nitrogens is 3. The maximum Gasteiger partial charge on any atom is 0.111 e. The first kappa shape index (κ1) is 8.65. The van der Waals surface area contributed by atoms with E-state index in [0.717, 1.165) is 23.0 Å². The third-order valence-electron chi connectivity index (χ3n) is 2.77. The molecule has 0 radical (unpaired) electrons. The van der Waals surface area contributed by atoms with Crippen LogP contribution in [0.25, 0.3) is 11.4 Å². The van der Waals surface area contributed by atoms with Gasteiger partial charge in [0.15, 0.2) is 0 Å². The van der Waals surface area contributed by atoms with Crippen molar-refractivity contribution >= 4 is 0 Å². The number of aromatic amines is 1. The smallest absolute Gasteiger partial charge is 0.111 e. The summed E-state index contributed by atoms with van der Waals surface area (Å²) in [6.07, 6.45) is 2.59. The summed E-state index contributed by atoms with van der Waals surface area (Å²) in [5.74, 6) is 0.719. The monoisotopic (exact) mass is 199 g/mol. The molecule has 0 aliphatic heterocycles. The van der Waals surface area contributed by atoms with Gasteiger partial charge in [-0.25, -0.2) is 0 Å². The van der Waals surface area contributed by atoms with Gasteiger partial charge in [-0.2, -0.15) is 5.10 Å². The minimum Gasteiger partial charge on any atom is -0.282 e. The average Bonchev–Trinajstić information content (AvgIpc) is 2.97. The van der Waals surface area contributed by atoms with Crippen LogP contribution in [0.3, 0.4) is 0 Å². The molecule has 2 aromatic heterocycles. The number of pyridine rings is 1. The lowest BCUT2D eigenvalue weighted by Gasteiger charge is -1.95. The largest absolute Gasteiger partial charge is 0.282 e. The third kappa shape index (κ3) is 1.65. The fourth-order valence-electron chi connectivity index (χ4n) is 1.76. The molecular weight excluding hydrogens is 186 g/mol. The Morgan fingerprint density at radius 3 is 2.87 bits per heavy atom. The van der Waals surface area contributed by atoms with Gasteiger partial charge in [0, 0.05) is 17.3 Å².